The van der Waals surface area contributed by atoms with Crippen molar-refractivity contribution in [3.8, 4) is 0 Å². The second-order valence-electron chi connectivity index (χ2n) is 4.72. The lowest BCUT2D eigenvalue weighted by Crippen LogP contribution is -2.29. The van der Waals surface area contributed by atoms with Gasteiger partial charge < -0.3 is 4.74 Å². The van der Waals surface area contributed by atoms with Crippen LogP contribution >= 0.6 is 0 Å². The highest BCUT2D eigenvalue weighted by Crippen LogP contribution is 2.25. The smallest absolute Gasteiger partial charge is 0.343 e. The van der Waals surface area contributed by atoms with E-state index in [0.29, 0.717) is 18.8 Å². The van der Waals surface area contributed by atoms with Crippen molar-refractivity contribution >= 4 is 16.0 Å². The molecule has 2 heterocycles. The lowest BCUT2D eigenvalue weighted by Gasteiger charge is -2.14. The maximum absolute atomic E-state index is 12.6. The summed E-state index contributed by atoms with van der Waals surface area (Å²) in [5.41, 5.74) is 0.530. The number of hydrogen-bond donors (Lipinski definition) is 0. The molecule has 0 aliphatic carbocycles. The van der Waals surface area contributed by atoms with Gasteiger partial charge in [-0.15, -0.1) is 0 Å². The molecule has 1 aliphatic heterocycles. The summed E-state index contributed by atoms with van der Waals surface area (Å²) < 4.78 is 32.9. The number of carbonyl (C=O) groups is 1. The Hall–Kier alpha value is -1.41. The average molecular weight is 301 g/mol. The maximum Gasteiger partial charge on any atom is 0.343 e. The molecule has 0 aromatic carbocycles. The molecule has 0 atom stereocenters. The molecular formula is C12H19N3O4S. The first kappa shape index (κ1) is 15.0. The van der Waals surface area contributed by atoms with Crippen LogP contribution in [0.2, 0.25) is 0 Å². The molecule has 8 heteroatoms. The average Bonchev–Trinajstić information content (AvgIpc) is 3.00. The summed E-state index contributed by atoms with van der Waals surface area (Å²) in [6.07, 6.45) is 1.67. The quantitative estimate of drug-likeness (QED) is 0.764. The molecule has 1 aliphatic rings. The van der Waals surface area contributed by atoms with Crippen LogP contribution in [0.15, 0.2) is 5.03 Å². The number of sulfonamides is 1. The summed E-state index contributed by atoms with van der Waals surface area (Å²) in [4.78, 5) is 12.0. The van der Waals surface area contributed by atoms with Gasteiger partial charge in [-0.2, -0.15) is 9.40 Å². The number of aromatic nitrogens is 2. The molecule has 0 bridgehead atoms. The van der Waals surface area contributed by atoms with Gasteiger partial charge in [-0.25, -0.2) is 13.2 Å². The number of ether oxygens (including phenoxy) is 1. The van der Waals surface area contributed by atoms with E-state index < -0.39 is 16.0 Å². The third-order valence-electron chi connectivity index (χ3n) is 3.43. The fourth-order valence-corrected chi connectivity index (χ4v) is 3.95. The van der Waals surface area contributed by atoms with Crippen LogP contribution in [0.25, 0.3) is 0 Å². The number of rotatable bonds is 4. The number of carbonyl (C=O) groups excluding carboxylic acids is 1. The van der Waals surface area contributed by atoms with Gasteiger partial charge in [0.15, 0.2) is 0 Å². The predicted octanol–water partition coefficient (Wildman–Crippen LogP) is 0.690. The molecule has 0 N–H and O–H groups in total. The van der Waals surface area contributed by atoms with Crippen molar-refractivity contribution in [2.24, 2.45) is 7.05 Å². The van der Waals surface area contributed by atoms with E-state index in [1.54, 1.807) is 20.9 Å². The minimum Gasteiger partial charge on any atom is -0.462 e. The molecular weight excluding hydrogens is 282 g/mol. The summed E-state index contributed by atoms with van der Waals surface area (Å²) >= 11 is 0. The van der Waals surface area contributed by atoms with E-state index in [9.17, 15) is 13.2 Å². The lowest BCUT2D eigenvalue weighted by atomic mass is 10.3. The first-order chi connectivity index (χ1) is 9.39. The second kappa shape index (κ2) is 5.53. The largest absolute Gasteiger partial charge is 0.462 e. The first-order valence-corrected chi connectivity index (χ1v) is 8.04. The Labute approximate surface area is 118 Å². The van der Waals surface area contributed by atoms with Crippen molar-refractivity contribution < 1.29 is 17.9 Å². The highest BCUT2D eigenvalue weighted by Gasteiger charge is 2.35. The molecule has 1 saturated heterocycles. The normalized spacial score (nSPS) is 16.6. The molecule has 0 amide bonds. The van der Waals surface area contributed by atoms with Gasteiger partial charge in [-0.3, -0.25) is 4.68 Å². The number of esters is 1. The van der Waals surface area contributed by atoms with Crippen molar-refractivity contribution in [1.29, 1.82) is 0 Å². The zero-order chi connectivity index (χ0) is 14.9. The molecule has 0 unspecified atom stereocenters. The van der Waals surface area contributed by atoms with E-state index in [1.165, 1.54) is 8.99 Å². The Kier molecular flexibility index (Phi) is 4.14. The lowest BCUT2D eigenvalue weighted by molar-refractivity contribution is 0.0520. The van der Waals surface area contributed by atoms with Gasteiger partial charge in [0.25, 0.3) is 10.0 Å². The summed E-state index contributed by atoms with van der Waals surface area (Å²) in [7, 11) is -2.12. The highest BCUT2D eigenvalue weighted by molar-refractivity contribution is 7.89. The summed E-state index contributed by atoms with van der Waals surface area (Å²) in [6, 6.07) is 0. The topological polar surface area (TPSA) is 81.5 Å². The molecule has 0 saturated carbocycles. The van der Waals surface area contributed by atoms with Crippen LogP contribution in [-0.4, -0.2) is 48.2 Å². The standard InChI is InChI=1S/C12H19N3O4S/c1-4-19-12(16)10-9(2)14(3)13-11(10)20(17,18)15-7-5-6-8-15/h4-8H2,1-3H3. The van der Waals surface area contributed by atoms with E-state index in [1.807, 2.05) is 0 Å². The van der Waals surface area contributed by atoms with Gasteiger partial charge in [-0.1, -0.05) is 0 Å². The Balaban J connectivity index is 2.51. The zero-order valence-corrected chi connectivity index (χ0v) is 12.7. The molecule has 1 aromatic heterocycles. The summed E-state index contributed by atoms with van der Waals surface area (Å²) in [6.45, 7) is 4.47. The monoisotopic (exact) mass is 301 g/mol. The van der Waals surface area contributed by atoms with Crippen LogP contribution in [0, 0.1) is 6.92 Å². The van der Waals surface area contributed by atoms with Gasteiger partial charge >= 0.3 is 5.97 Å². The zero-order valence-electron chi connectivity index (χ0n) is 11.9. The fraction of sp³-hybridized carbons (Fsp3) is 0.667. The minimum atomic E-state index is -3.73. The molecule has 0 spiro atoms. The van der Waals surface area contributed by atoms with Crippen molar-refractivity contribution in [2.45, 2.75) is 31.7 Å². The maximum atomic E-state index is 12.6. The van der Waals surface area contributed by atoms with E-state index in [2.05, 4.69) is 5.10 Å². The predicted molar refractivity (Wildman–Crippen MR) is 71.9 cm³/mol. The molecule has 0 radical (unpaired) electrons. The van der Waals surface area contributed by atoms with Gasteiger partial charge in [0.05, 0.1) is 12.3 Å². The van der Waals surface area contributed by atoms with Crippen LogP contribution in [0.5, 0.6) is 0 Å². The van der Waals surface area contributed by atoms with Crippen molar-refractivity contribution in [2.75, 3.05) is 19.7 Å². The minimum absolute atomic E-state index is 0.0428. The van der Waals surface area contributed by atoms with Gasteiger partial charge in [0, 0.05) is 20.1 Å². The summed E-state index contributed by atoms with van der Waals surface area (Å²) in [5.74, 6) is -0.643. The van der Waals surface area contributed by atoms with Crippen LogP contribution in [-0.2, 0) is 21.8 Å². The number of nitrogens with zero attached hydrogens (tertiary/aromatic N) is 3. The first-order valence-electron chi connectivity index (χ1n) is 6.60. The van der Waals surface area contributed by atoms with Crippen LogP contribution < -0.4 is 0 Å². The Morgan fingerprint density at radius 1 is 1.35 bits per heavy atom. The Morgan fingerprint density at radius 2 is 1.95 bits per heavy atom. The number of hydrogen-bond acceptors (Lipinski definition) is 5. The fourth-order valence-electron chi connectivity index (χ4n) is 2.25. The van der Waals surface area contributed by atoms with Crippen LogP contribution in [0.3, 0.4) is 0 Å². The van der Waals surface area contributed by atoms with Crippen LogP contribution in [0.1, 0.15) is 35.8 Å². The molecule has 112 valence electrons. The molecule has 20 heavy (non-hydrogen) atoms. The van der Waals surface area contributed by atoms with Crippen molar-refractivity contribution in [3.63, 3.8) is 0 Å². The van der Waals surface area contributed by atoms with Crippen molar-refractivity contribution in [3.05, 3.63) is 11.3 Å². The van der Waals surface area contributed by atoms with Crippen molar-refractivity contribution in [1.82, 2.24) is 14.1 Å². The SMILES string of the molecule is CCOC(=O)c1c(S(=O)(=O)N2CCCC2)nn(C)c1C. The van der Waals surface area contributed by atoms with Crippen LogP contribution in [0.4, 0.5) is 0 Å². The van der Waals surface area contributed by atoms with E-state index in [4.69, 9.17) is 4.74 Å². The van der Waals surface area contributed by atoms with Gasteiger partial charge in [0.1, 0.15) is 5.56 Å². The summed E-state index contributed by atoms with van der Waals surface area (Å²) in [5, 5.41) is 3.82. The Morgan fingerprint density at radius 3 is 2.50 bits per heavy atom. The molecule has 1 fully saturated rings. The van der Waals surface area contributed by atoms with E-state index >= 15 is 0 Å². The molecule has 1 aromatic rings. The number of aryl methyl sites for hydroxylation is 1. The molecule has 2 rings (SSSR count). The second-order valence-corrected chi connectivity index (χ2v) is 6.57. The third-order valence-corrected chi connectivity index (χ3v) is 5.25. The third kappa shape index (κ3) is 2.45. The van der Waals surface area contributed by atoms with Gasteiger partial charge in [0.2, 0.25) is 5.03 Å². The van der Waals surface area contributed by atoms with E-state index in [-0.39, 0.29) is 17.2 Å². The Bertz CT molecular complexity index is 615. The van der Waals surface area contributed by atoms with E-state index in [0.717, 1.165) is 12.8 Å². The molecule has 7 nitrogen and oxygen atoms in total. The highest BCUT2D eigenvalue weighted by atomic mass is 32.2. The van der Waals surface area contributed by atoms with Gasteiger partial charge in [-0.05, 0) is 26.7 Å².